The largest absolute Gasteiger partial charge is 0.421 e. The summed E-state index contributed by atoms with van der Waals surface area (Å²) in [6, 6.07) is 0.468. The first-order valence-corrected chi connectivity index (χ1v) is 5.90. The molecule has 0 saturated heterocycles. The molecule has 0 radical (unpaired) electrons. The van der Waals surface area contributed by atoms with E-state index in [1.54, 1.807) is 29.5 Å². The van der Waals surface area contributed by atoms with Crippen LogP contribution in [0.5, 0.6) is 11.8 Å². The van der Waals surface area contributed by atoms with Gasteiger partial charge in [-0.25, -0.2) is 9.97 Å². The minimum Gasteiger partial charge on any atom is -0.421 e. The van der Waals surface area contributed by atoms with Crippen molar-refractivity contribution in [2.75, 3.05) is 0 Å². The molecule has 0 bridgehead atoms. The Kier molecular flexibility index (Phi) is 3.88. The van der Waals surface area contributed by atoms with Gasteiger partial charge in [0.05, 0.1) is 12.4 Å². The van der Waals surface area contributed by atoms with E-state index >= 15 is 0 Å². The minimum atomic E-state index is 0.152. The average molecular weight is 247 g/mol. The fourth-order valence-corrected chi connectivity index (χ4v) is 1.51. The Hall–Kier alpha value is -1.95. The van der Waals surface area contributed by atoms with Crippen LogP contribution in [-0.2, 0) is 13.5 Å². The van der Waals surface area contributed by atoms with E-state index in [-0.39, 0.29) is 6.04 Å². The second-order valence-electron chi connectivity index (χ2n) is 4.20. The monoisotopic (exact) mass is 247 g/mol. The zero-order valence-corrected chi connectivity index (χ0v) is 10.6. The van der Waals surface area contributed by atoms with E-state index in [4.69, 9.17) is 10.5 Å². The molecule has 2 aromatic rings. The molecule has 0 aliphatic heterocycles. The van der Waals surface area contributed by atoms with Crippen molar-refractivity contribution in [3.63, 3.8) is 0 Å². The van der Waals surface area contributed by atoms with Gasteiger partial charge in [0.25, 0.3) is 0 Å². The van der Waals surface area contributed by atoms with Crippen molar-refractivity contribution in [2.45, 2.75) is 25.8 Å². The summed E-state index contributed by atoms with van der Waals surface area (Å²) in [6.45, 7) is 2.06. The van der Waals surface area contributed by atoms with Crippen molar-refractivity contribution in [1.82, 2.24) is 19.7 Å². The third-order valence-electron chi connectivity index (χ3n) is 2.59. The van der Waals surface area contributed by atoms with Gasteiger partial charge in [-0.05, 0) is 18.4 Å². The molecule has 2 N–H and O–H groups in total. The van der Waals surface area contributed by atoms with Crippen LogP contribution in [0.2, 0.25) is 0 Å². The van der Waals surface area contributed by atoms with Gasteiger partial charge in [0.15, 0.2) is 5.75 Å². The van der Waals surface area contributed by atoms with Crippen molar-refractivity contribution in [1.29, 1.82) is 0 Å². The predicted molar refractivity (Wildman–Crippen MR) is 67.3 cm³/mol. The topological polar surface area (TPSA) is 78.9 Å². The van der Waals surface area contributed by atoms with Gasteiger partial charge in [-0.15, -0.1) is 0 Å². The number of nitrogens with two attached hydrogens (primary N) is 1. The molecule has 0 aliphatic carbocycles. The number of hydrogen-bond donors (Lipinski definition) is 1. The lowest BCUT2D eigenvalue weighted by molar-refractivity contribution is 0.440. The van der Waals surface area contributed by atoms with Gasteiger partial charge >= 0.3 is 6.01 Å². The molecule has 1 unspecified atom stereocenters. The van der Waals surface area contributed by atoms with Crippen LogP contribution in [0.3, 0.4) is 0 Å². The predicted octanol–water partition coefficient (Wildman–Crippen LogP) is 1.28. The number of aromatic nitrogens is 4. The molecule has 1 atom stereocenters. The Bertz CT molecular complexity index is 493. The van der Waals surface area contributed by atoms with Crippen LogP contribution in [0.4, 0.5) is 0 Å². The fourth-order valence-electron chi connectivity index (χ4n) is 1.51. The van der Waals surface area contributed by atoms with Crippen molar-refractivity contribution >= 4 is 0 Å². The summed E-state index contributed by atoms with van der Waals surface area (Å²) in [4.78, 5) is 8.29. The van der Waals surface area contributed by atoms with Crippen molar-refractivity contribution in [3.05, 3.63) is 30.4 Å². The van der Waals surface area contributed by atoms with Gasteiger partial charge in [0.1, 0.15) is 0 Å². The van der Waals surface area contributed by atoms with Gasteiger partial charge < -0.3 is 10.5 Å². The summed E-state index contributed by atoms with van der Waals surface area (Å²) in [6.07, 6.45) is 8.58. The van der Waals surface area contributed by atoms with Crippen LogP contribution in [0.15, 0.2) is 24.8 Å². The Morgan fingerprint density at radius 1 is 1.33 bits per heavy atom. The van der Waals surface area contributed by atoms with Crippen LogP contribution >= 0.6 is 0 Å². The smallest absolute Gasteiger partial charge is 0.321 e. The lowest BCUT2D eigenvalue weighted by Gasteiger charge is -2.07. The number of ether oxygens (including phenoxy) is 1. The molecule has 6 heteroatoms. The van der Waals surface area contributed by atoms with Gasteiger partial charge in [-0.3, -0.25) is 4.68 Å². The van der Waals surface area contributed by atoms with Crippen LogP contribution in [0.25, 0.3) is 0 Å². The standard InChI is InChI=1S/C12H17N5O/c1-3-10(13)4-9-5-14-12(15-6-9)18-11-7-16-17(2)8-11/h5-8,10H,3-4,13H2,1-2H3. The first-order valence-electron chi connectivity index (χ1n) is 5.90. The number of nitrogens with zero attached hydrogens (tertiary/aromatic N) is 4. The second kappa shape index (κ2) is 5.59. The molecule has 2 rings (SSSR count). The number of hydrogen-bond acceptors (Lipinski definition) is 5. The van der Waals surface area contributed by atoms with E-state index in [0.717, 1.165) is 18.4 Å². The molecular formula is C12H17N5O. The first-order chi connectivity index (χ1) is 8.67. The quantitative estimate of drug-likeness (QED) is 0.861. The van der Waals surface area contributed by atoms with E-state index in [1.807, 2.05) is 7.05 Å². The highest BCUT2D eigenvalue weighted by molar-refractivity contribution is 5.18. The van der Waals surface area contributed by atoms with Crippen LogP contribution in [0, 0.1) is 0 Å². The fraction of sp³-hybridized carbons (Fsp3) is 0.417. The zero-order valence-electron chi connectivity index (χ0n) is 10.6. The van der Waals surface area contributed by atoms with E-state index in [2.05, 4.69) is 22.0 Å². The summed E-state index contributed by atoms with van der Waals surface area (Å²) in [7, 11) is 1.82. The molecule has 0 aliphatic rings. The van der Waals surface area contributed by atoms with Gasteiger partial charge in [0.2, 0.25) is 0 Å². The second-order valence-corrected chi connectivity index (χ2v) is 4.20. The molecule has 0 spiro atoms. The number of rotatable bonds is 5. The molecule has 18 heavy (non-hydrogen) atoms. The molecule has 2 heterocycles. The normalized spacial score (nSPS) is 12.4. The maximum absolute atomic E-state index is 5.87. The highest BCUT2D eigenvalue weighted by Crippen LogP contribution is 2.15. The lowest BCUT2D eigenvalue weighted by Crippen LogP contribution is -2.21. The van der Waals surface area contributed by atoms with E-state index in [1.165, 1.54) is 0 Å². The lowest BCUT2D eigenvalue weighted by atomic mass is 10.1. The number of aryl methyl sites for hydroxylation is 1. The average Bonchev–Trinajstić information content (AvgIpc) is 2.77. The van der Waals surface area contributed by atoms with Crippen LogP contribution < -0.4 is 10.5 Å². The Morgan fingerprint density at radius 2 is 2.06 bits per heavy atom. The van der Waals surface area contributed by atoms with Gasteiger partial charge in [-0.2, -0.15) is 5.10 Å². The summed E-state index contributed by atoms with van der Waals surface area (Å²) in [5.74, 6) is 0.621. The Balaban J connectivity index is 1.99. The van der Waals surface area contributed by atoms with E-state index in [9.17, 15) is 0 Å². The molecular weight excluding hydrogens is 230 g/mol. The SMILES string of the molecule is CCC(N)Cc1cnc(Oc2cnn(C)c2)nc1. The third kappa shape index (κ3) is 3.27. The van der Waals surface area contributed by atoms with Crippen molar-refractivity contribution < 1.29 is 4.74 Å². The van der Waals surface area contributed by atoms with Crippen molar-refractivity contribution in [2.24, 2.45) is 12.8 Å². The first kappa shape index (κ1) is 12.5. The molecule has 0 fully saturated rings. The van der Waals surface area contributed by atoms with Crippen LogP contribution in [0.1, 0.15) is 18.9 Å². The van der Waals surface area contributed by atoms with Gasteiger partial charge in [-0.1, -0.05) is 6.92 Å². The van der Waals surface area contributed by atoms with Crippen LogP contribution in [-0.4, -0.2) is 25.8 Å². The Morgan fingerprint density at radius 3 is 2.61 bits per heavy atom. The molecule has 6 nitrogen and oxygen atoms in total. The maximum Gasteiger partial charge on any atom is 0.321 e. The summed E-state index contributed by atoms with van der Waals surface area (Å²) in [5, 5.41) is 4.00. The van der Waals surface area contributed by atoms with Gasteiger partial charge in [0, 0.05) is 25.5 Å². The summed E-state index contributed by atoms with van der Waals surface area (Å²) >= 11 is 0. The van der Waals surface area contributed by atoms with E-state index < -0.39 is 0 Å². The van der Waals surface area contributed by atoms with Crippen molar-refractivity contribution in [3.8, 4) is 11.8 Å². The Labute approximate surface area is 106 Å². The highest BCUT2D eigenvalue weighted by atomic mass is 16.5. The zero-order chi connectivity index (χ0) is 13.0. The molecule has 96 valence electrons. The summed E-state index contributed by atoms with van der Waals surface area (Å²) < 4.78 is 7.11. The third-order valence-corrected chi connectivity index (χ3v) is 2.59. The maximum atomic E-state index is 5.87. The van der Waals surface area contributed by atoms with E-state index in [0.29, 0.717) is 11.8 Å². The summed E-state index contributed by atoms with van der Waals surface area (Å²) in [5.41, 5.74) is 6.89. The molecule has 0 saturated carbocycles. The molecule has 0 amide bonds. The molecule has 0 aromatic carbocycles. The minimum absolute atomic E-state index is 0.152. The molecule has 2 aromatic heterocycles. The highest BCUT2D eigenvalue weighted by Gasteiger charge is 2.05.